The van der Waals surface area contributed by atoms with Crippen LogP contribution in [0, 0.1) is 11.3 Å². The minimum atomic E-state index is -0.129. The van der Waals surface area contributed by atoms with Crippen molar-refractivity contribution in [2.24, 2.45) is 0 Å². The number of nitrogens with one attached hydrogen (secondary N) is 1. The van der Waals surface area contributed by atoms with Crippen molar-refractivity contribution < 1.29 is 14.3 Å². The van der Waals surface area contributed by atoms with Gasteiger partial charge in [-0.25, -0.2) is 0 Å². The molecule has 1 N–H and O–H groups in total. The standard InChI is InChI=1S/C21H19ClN2O3/c22-20-11-19(8-5-16(20)12-23)27-18-9-6-17(7-10-18)24-21(26)15-3-1-14(13-25)2-4-15/h1-5,8,11,13,17-18H,6-7,9-10H2,(H,24,26)/t17-,18-. The Labute approximate surface area is 162 Å². The third-order valence-electron chi connectivity index (χ3n) is 4.68. The summed E-state index contributed by atoms with van der Waals surface area (Å²) in [6.45, 7) is 0. The van der Waals surface area contributed by atoms with Crippen LogP contribution < -0.4 is 10.1 Å². The van der Waals surface area contributed by atoms with Crippen molar-refractivity contribution in [1.82, 2.24) is 5.32 Å². The van der Waals surface area contributed by atoms with Crippen LogP contribution in [-0.2, 0) is 0 Å². The SMILES string of the molecule is N#Cc1ccc(O[C@H]2CC[C@H](NC(=O)c3ccc(C=O)cc3)CC2)cc1Cl. The number of hydrogen-bond acceptors (Lipinski definition) is 4. The predicted molar refractivity (Wildman–Crippen MR) is 102 cm³/mol. The lowest BCUT2D eigenvalue weighted by Gasteiger charge is -2.29. The molecule has 0 atom stereocenters. The number of ether oxygens (including phenoxy) is 1. The van der Waals surface area contributed by atoms with Gasteiger partial charge in [-0.05, 0) is 49.9 Å². The molecule has 0 spiro atoms. The molecule has 0 unspecified atom stereocenters. The van der Waals surface area contributed by atoms with E-state index in [-0.39, 0.29) is 18.1 Å². The van der Waals surface area contributed by atoms with Gasteiger partial charge in [0.2, 0.25) is 0 Å². The molecule has 2 aromatic carbocycles. The van der Waals surface area contributed by atoms with E-state index >= 15 is 0 Å². The molecule has 0 aromatic heterocycles. The smallest absolute Gasteiger partial charge is 0.251 e. The van der Waals surface area contributed by atoms with Crippen molar-refractivity contribution in [3.8, 4) is 11.8 Å². The Hall–Kier alpha value is -2.84. The van der Waals surface area contributed by atoms with Gasteiger partial charge in [-0.1, -0.05) is 23.7 Å². The van der Waals surface area contributed by atoms with E-state index in [1.165, 1.54) is 0 Å². The zero-order valence-corrected chi connectivity index (χ0v) is 15.4. The molecule has 0 heterocycles. The van der Waals surface area contributed by atoms with Crippen LogP contribution in [0.1, 0.15) is 52.0 Å². The molecule has 138 valence electrons. The van der Waals surface area contributed by atoms with Gasteiger partial charge in [0.1, 0.15) is 18.1 Å². The average Bonchev–Trinajstić information content (AvgIpc) is 2.69. The fourth-order valence-corrected chi connectivity index (χ4v) is 3.37. The minimum absolute atomic E-state index is 0.0639. The Kier molecular flexibility index (Phi) is 6.10. The van der Waals surface area contributed by atoms with Crippen molar-refractivity contribution in [2.45, 2.75) is 37.8 Å². The number of carbonyl (C=O) groups excluding carboxylic acids is 2. The molecule has 27 heavy (non-hydrogen) atoms. The second-order valence-corrected chi connectivity index (χ2v) is 6.97. The van der Waals surface area contributed by atoms with Gasteiger partial charge in [-0.2, -0.15) is 5.26 Å². The molecule has 0 bridgehead atoms. The van der Waals surface area contributed by atoms with Crippen molar-refractivity contribution >= 4 is 23.8 Å². The zero-order chi connectivity index (χ0) is 19.2. The van der Waals surface area contributed by atoms with Crippen LogP contribution in [0.5, 0.6) is 5.75 Å². The summed E-state index contributed by atoms with van der Waals surface area (Å²) in [4.78, 5) is 23.0. The van der Waals surface area contributed by atoms with Crippen LogP contribution in [0.15, 0.2) is 42.5 Å². The molecule has 3 rings (SSSR count). The number of aldehydes is 1. The van der Waals surface area contributed by atoms with Crippen molar-refractivity contribution in [2.75, 3.05) is 0 Å². The summed E-state index contributed by atoms with van der Waals surface area (Å²) >= 11 is 6.04. The first kappa shape index (κ1) is 18.9. The summed E-state index contributed by atoms with van der Waals surface area (Å²) in [5, 5.41) is 12.3. The van der Waals surface area contributed by atoms with Crippen LogP contribution in [0.4, 0.5) is 0 Å². The maximum atomic E-state index is 12.3. The lowest BCUT2D eigenvalue weighted by molar-refractivity contribution is 0.0893. The third kappa shape index (κ3) is 4.87. The lowest BCUT2D eigenvalue weighted by atomic mass is 9.92. The number of nitrogens with zero attached hydrogens (tertiary/aromatic N) is 1. The van der Waals surface area contributed by atoms with Gasteiger partial charge in [0.15, 0.2) is 0 Å². The van der Waals surface area contributed by atoms with Crippen molar-refractivity contribution in [1.29, 1.82) is 5.26 Å². The Morgan fingerprint density at radius 3 is 2.44 bits per heavy atom. The molecule has 6 heteroatoms. The lowest BCUT2D eigenvalue weighted by Crippen LogP contribution is -2.39. The van der Waals surface area contributed by atoms with Crippen molar-refractivity contribution in [3.63, 3.8) is 0 Å². The number of carbonyl (C=O) groups is 2. The van der Waals surface area contributed by atoms with Gasteiger partial charge >= 0.3 is 0 Å². The van der Waals surface area contributed by atoms with Gasteiger partial charge in [0, 0.05) is 23.2 Å². The predicted octanol–water partition coefficient (Wildman–Crippen LogP) is 4.14. The molecule has 0 saturated heterocycles. The van der Waals surface area contributed by atoms with E-state index in [4.69, 9.17) is 21.6 Å². The highest BCUT2D eigenvalue weighted by atomic mass is 35.5. The summed E-state index contributed by atoms with van der Waals surface area (Å²) in [7, 11) is 0. The monoisotopic (exact) mass is 382 g/mol. The normalized spacial score (nSPS) is 19.0. The molecule has 1 saturated carbocycles. The first-order valence-electron chi connectivity index (χ1n) is 8.81. The molecule has 1 aliphatic carbocycles. The van der Waals surface area contributed by atoms with E-state index in [1.54, 1.807) is 42.5 Å². The molecule has 0 aliphatic heterocycles. The first-order chi connectivity index (χ1) is 13.1. The molecule has 5 nitrogen and oxygen atoms in total. The van der Waals surface area contributed by atoms with Crippen LogP contribution >= 0.6 is 11.6 Å². The van der Waals surface area contributed by atoms with Crippen LogP contribution in [-0.4, -0.2) is 24.3 Å². The van der Waals surface area contributed by atoms with Crippen molar-refractivity contribution in [3.05, 3.63) is 64.2 Å². The van der Waals surface area contributed by atoms with E-state index in [1.807, 2.05) is 6.07 Å². The van der Waals surface area contributed by atoms with Crippen LogP contribution in [0.3, 0.4) is 0 Å². The summed E-state index contributed by atoms with van der Waals surface area (Å²) in [5.74, 6) is 0.525. The number of benzene rings is 2. The van der Waals surface area contributed by atoms with E-state index in [2.05, 4.69) is 5.32 Å². The van der Waals surface area contributed by atoms with E-state index in [0.29, 0.717) is 27.5 Å². The Bertz CT molecular complexity index is 866. The number of hydrogen-bond donors (Lipinski definition) is 1. The van der Waals surface area contributed by atoms with Crippen LogP contribution in [0.2, 0.25) is 5.02 Å². The summed E-state index contributed by atoms with van der Waals surface area (Å²) in [5.41, 5.74) is 1.52. The summed E-state index contributed by atoms with van der Waals surface area (Å²) in [6.07, 6.45) is 4.12. The Balaban J connectivity index is 1.49. The van der Waals surface area contributed by atoms with Gasteiger partial charge in [-0.3, -0.25) is 9.59 Å². The topological polar surface area (TPSA) is 79.2 Å². The molecule has 1 amide bonds. The number of nitriles is 1. The fraction of sp³-hybridized carbons (Fsp3) is 0.286. The number of rotatable bonds is 5. The number of amides is 1. The molecule has 1 aliphatic rings. The maximum Gasteiger partial charge on any atom is 0.251 e. The fourth-order valence-electron chi connectivity index (χ4n) is 3.16. The minimum Gasteiger partial charge on any atom is -0.490 e. The van der Waals surface area contributed by atoms with Crippen LogP contribution in [0.25, 0.3) is 0 Å². The highest BCUT2D eigenvalue weighted by Crippen LogP contribution is 2.27. The zero-order valence-electron chi connectivity index (χ0n) is 14.7. The van der Waals surface area contributed by atoms with Gasteiger partial charge < -0.3 is 10.1 Å². The Morgan fingerprint density at radius 2 is 1.85 bits per heavy atom. The summed E-state index contributed by atoms with van der Waals surface area (Å²) in [6, 6.07) is 13.8. The second-order valence-electron chi connectivity index (χ2n) is 6.56. The molecular weight excluding hydrogens is 364 g/mol. The molecule has 1 fully saturated rings. The van der Waals surface area contributed by atoms with Gasteiger partial charge in [0.25, 0.3) is 5.91 Å². The Morgan fingerprint density at radius 1 is 1.15 bits per heavy atom. The van der Waals surface area contributed by atoms with E-state index in [9.17, 15) is 9.59 Å². The van der Waals surface area contributed by atoms with E-state index < -0.39 is 0 Å². The van der Waals surface area contributed by atoms with E-state index in [0.717, 1.165) is 32.0 Å². The number of halogens is 1. The highest BCUT2D eigenvalue weighted by molar-refractivity contribution is 6.31. The highest BCUT2D eigenvalue weighted by Gasteiger charge is 2.24. The maximum absolute atomic E-state index is 12.3. The van der Waals surface area contributed by atoms with Gasteiger partial charge in [-0.15, -0.1) is 0 Å². The summed E-state index contributed by atoms with van der Waals surface area (Å²) < 4.78 is 5.96. The van der Waals surface area contributed by atoms with Gasteiger partial charge in [0.05, 0.1) is 16.7 Å². The largest absolute Gasteiger partial charge is 0.490 e. The second kappa shape index (κ2) is 8.70. The quantitative estimate of drug-likeness (QED) is 0.788. The molecule has 0 radical (unpaired) electrons. The molecule has 2 aromatic rings. The third-order valence-corrected chi connectivity index (χ3v) is 4.99. The molecular formula is C21H19ClN2O3. The first-order valence-corrected chi connectivity index (χ1v) is 9.19. The average molecular weight is 383 g/mol.